The maximum absolute atomic E-state index is 6.36. The Morgan fingerprint density at radius 1 is 1.09 bits per heavy atom. The highest BCUT2D eigenvalue weighted by atomic mass is 35.5. The first kappa shape index (κ1) is 21.8. The second kappa shape index (κ2) is 8.84. The van der Waals surface area contributed by atoms with Crippen LogP contribution in [0.2, 0.25) is 5.02 Å². The van der Waals surface area contributed by atoms with Gasteiger partial charge in [-0.2, -0.15) is 0 Å². The summed E-state index contributed by atoms with van der Waals surface area (Å²) in [5.41, 5.74) is 6.67. The predicted molar refractivity (Wildman–Crippen MR) is 142 cm³/mol. The van der Waals surface area contributed by atoms with Crippen molar-refractivity contribution in [3.63, 3.8) is 0 Å². The van der Waals surface area contributed by atoms with Crippen LogP contribution in [0.5, 0.6) is 0 Å². The number of hydrogen-bond donors (Lipinski definition) is 1. The molecule has 34 heavy (non-hydrogen) atoms. The van der Waals surface area contributed by atoms with E-state index in [0.29, 0.717) is 5.92 Å². The summed E-state index contributed by atoms with van der Waals surface area (Å²) in [7, 11) is 0. The molecule has 0 saturated carbocycles. The average molecular weight is 490 g/mol. The molecule has 0 atom stereocenters. The van der Waals surface area contributed by atoms with Crippen molar-refractivity contribution in [1.82, 2.24) is 24.4 Å². The number of thiazole rings is 1. The third-order valence-electron chi connectivity index (χ3n) is 6.57. The van der Waals surface area contributed by atoms with E-state index in [4.69, 9.17) is 21.6 Å². The monoisotopic (exact) mass is 489 g/mol. The third-order valence-corrected chi connectivity index (χ3v) is 7.65. The van der Waals surface area contributed by atoms with Crippen molar-refractivity contribution in [1.29, 1.82) is 0 Å². The van der Waals surface area contributed by atoms with Crippen molar-refractivity contribution < 1.29 is 0 Å². The summed E-state index contributed by atoms with van der Waals surface area (Å²) in [5, 5.41) is 4.98. The lowest BCUT2D eigenvalue weighted by atomic mass is 10.0. The Hall–Kier alpha value is -2.67. The maximum Gasteiger partial charge on any atom is 0.194 e. The second-order valence-electron chi connectivity index (χ2n) is 9.72. The molecule has 1 aliphatic rings. The van der Waals surface area contributed by atoms with E-state index < -0.39 is 0 Å². The summed E-state index contributed by atoms with van der Waals surface area (Å²) in [6, 6.07) is 12.7. The molecular weight excluding hydrogens is 462 g/mol. The second-order valence-corrected chi connectivity index (χ2v) is 11.0. The summed E-state index contributed by atoms with van der Waals surface area (Å²) in [6.45, 7) is 7.91. The fourth-order valence-corrected chi connectivity index (χ4v) is 5.95. The first-order chi connectivity index (χ1) is 16.5. The van der Waals surface area contributed by atoms with Crippen LogP contribution in [0.1, 0.15) is 37.8 Å². The Balaban J connectivity index is 1.33. The van der Waals surface area contributed by atoms with Gasteiger partial charge in [0, 0.05) is 28.5 Å². The molecule has 0 bridgehead atoms. The summed E-state index contributed by atoms with van der Waals surface area (Å²) in [4.78, 5) is 15.8. The summed E-state index contributed by atoms with van der Waals surface area (Å²) < 4.78 is 2.17. The first-order valence-electron chi connectivity index (χ1n) is 12.0. The molecule has 0 spiro atoms. The minimum atomic E-state index is 0.576. The van der Waals surface area contributed by atoms with Crippen LogP contribution in [-0.4, -0.2) is 37.5 Å². The molecule has 5 aromatic rings. The lowest BCUT2D eigenvalue weighted by Gasteiger charge is -2.14. The van der Waals surface area contributed by atoms with E-state index in [2.05, 4.69) is 64.1 Å². The van der Waals surface area contributed by atoms with Crippen LogP contribution in [-0.2, 0) is 13.0 Å². The van der Waals surface area contributed by atoms with Gasteiger partial charge >= 0.3 is 0 Å². The Morgan fingerprint density at radius 3 is 2.76 bits per heavy atom. The molecule has 3 aromatic heterocycles. The van der Waals surface area contributed by atoms with Gasteiger partial charge in [0.15, 0.2) is 11.0 Å². The molecule has 4 heterocycles. The largest absolute Gasteiger partial charge is 0.337 e. The van der Waals surface area contributed by atoms with E-state index in [0.717, 1.165) is 51.2 Å². The minimum Gasteiger partial charge on any atom is -0.337 e. The zero-order chi connectivity index (χ0) is 23.2. The topological polar surface area (TPSA) is 49.7 Å². The maximum atomic E-state index is 6.36. The van der Waals surface area contributed by atoms with Gasteiger partial charge in [0.05, 0.1) is 16.6 Å². The van der Waals surface area contributed by atoms with E-state index in [1.165, 1.54) is 42.4 Å². The van der Waals surface area contributed by atoms with Crippen LogP contribution in [0.4, 0.5) is 0 Å². The number of fused-ring (bicyclic) bond motifs is 2. The smallest absolute Gasteiger partial charge is 0.194 e. The number of likely N-dealkylation sites (tertiary alicyclic amines) is 1. The number of hydrogen-bond acceptors (Lipinski definition) is 4. The molecule has 1 fully saturated rings. The van der Waals surface area contributed by atoms with E-state index in [-0.39, 0.29) is 0 Å². The molecule has 1 saturated heterocycles. The van der Waals surface area contributed by atoms with Crippen LogP contribution >= 0.6 is 22.9 Å². The van der Waals surface area contributed by atoms with E-state index in [1.54, 1.807) is 11.3 Å². The number of halogens is 1. The SMILES string of the molecule is CC(C)Cc1cn(-c2nc(-c3nc4ccc(CN5CCCC5)cc4[nH]3)cs2)c2cc(Cl)ccc12. The van der Waals surface area contributed by atoms with Gasteiger partial charge in [0.1, 0.15) is 5.69 Å². The number of benzene rings is 2. The van der Waals surface area contributed by atoms with Gasteiger partial charge in [-0.05, 0) is 73.7 Å². The quantitative estimate of drug-likeness (QED) is 0.277. The molecule has 1 N–H and O–H groups in total. The zero-order valence-corrected chi connectivity index (χ0v) is 21.1. The van der Waals surface area contributed by atoms with Crippen LogP contribution in [0, 0.1) is 5.92 Å². The van der Waals surface area contributed by atoms with Gasteiger partial charge in [-0.15, -0.1) is 11.3 Å². The Labute approximate surface area is 208 Å². The van der Waals surface area contributed by atoms with Crippen molar-refractivity contribution in [2.45, 2.75) is 39.7 Å². The van der Waals surface area contributed by atoms with Gasteiger partial charge < -0.3 is 4.98 Å². The fraction of sp³-hybridized carbons (Fsp3) is 0.333. The van der Waals surface area contributed by atoms with E-state index >= 15 is 0 Å². The molecule has 0 unspecified atom stereocenters. The molecule has 2 aromatic carbocycles. The van der Waals surface area contributed by atoms with Crippen LogP contribution in [0.3, 0.4) is 0 Å². The van der Waals surface area contributed by atoms with Gasteiger partial charge in [-0.25, -0.2) is 9.97 Å². The number of imidazole rings is 1. The number of nitrogens with zero attached hydrogens (tertiary/aromatic N) is 4. The van der Waals surface area contributed by atoms with Gasteiger partial charge in [-0.1, -0.05) is 37.6 Å². The normalized spacial score (nSPS) is 14.8. The number of aromatic amines is 1. The number of aromatic nitrogens is 4. The lowest BCUT2D eigenvalue weighted by Crippen LogP contribution is -2.18. The molecule has 0 amide bonds. The van der Waals surface area contributed by atoms with Crippen molar-refractivity contribution >= 4 is 44.9 Å². The predicted octanol–water partition coefficient (Wildman–Crippen LogP) is 7.08. The van der Waals surface area contributed by atoms with Gasteiger partial charge in [-0.3, -0.25) is 9.47 Å². The molecule has 6 rings (SSSR count). The zero-order valence-electron chi connectivity index (χ0n) is 19.5. The molecule has 5 nitrogen and oxygen atoms in total. The van der Waals surface area contributed by atoms with E-state index in [1.807, 2.05) is 12.1 Å². The standard InChI is InChI=1S/C27H28ClN5S/c1-17(2)11-19-15-33(25-13-20(28)6-7-21(19)25)27-31-24(16-34-27)26-29-22-8-5-18(12-23(22)30-26)14-32-9-3-4-10-32/h5-8,12-13,15-17H,3-4,9-11,14H2,1-2H3,(H,29,30). The molecule has 1 aliphatic heterocycles. The lowest BCUT2D eigenvalue weighted by molar-refractivity contribution is 0.331. The molecule has 0 aliphatic carbocycles. The number of H-pyrrole nitrogens is 1. The molecule has 174 valence electrons. The average Bonchev–Trinajstić information content (AvgIpc) is 3.59. The minimum absolute atomic E-state index is 0.576. The Bertz CT molecular complexity index is 1470. The van der Waals surface area contributed by atoms with Crippen molar-refractivity contribution in [2.24, 2.45) is 5.92 Å². The highest BCUT2D eigenvalue weighted by molar-refractivity contribution is 7.12. The van der Waals surface area contributed by atoms with E-state index in [9.17, 15) is 0 Å². The highest BCUT2D eigenvalue weighted by Gasteiger charge is 2.17. The Morgan fingerprint density at radius 2 is 1.94 bits per heavy atom. The van der Waals surface area contributed by atoms with Gasteiger partial charge in [0.2, 0.25) is 0 Å². The number of rotatable bonds is 6. The van der Waals surface area contributed by atoms with Crippen molar-refractivity contribution in [3.8, 4) is 16.6 Å². The molecule has 0 radical (unpaired) electrons. The van der Waals surface area contributed by atoms with Crippen molar-refractivity contribution in [3.05, 3.63) is 64.1 Å². The number of nitrogens with one attached hydrogen (secondary N) is 1. The summed E-state index contributed by atoms with van der Waals surface area (Å²) >= 11 is 7.98. The van der Waals surface area contributed by atoms with Crippen LogP contribution < -0.4 is 0 Å². The van der Waals surface area contributed by atoms with Gasteiger partial charge in [0.25, 0.3) is 0 Å². The fourth-order valence-electron chi connectivity index (χ4n) is 4.99. The molecular formula is C27H28ClN5S. The Kier molecular flexibility index (Phi) is 5.68. The van der Waals surface area contributed by atoms with Crippen molar-refractivity contribution in [2.75, 3.05) is 13.1 Å². The van der Waals surface area contributed by atoms with Crippen LogP contribution in [0.15, 0.2) is 48.0 Å². The highest BCUT2D eigenvalue weighted by Crippen LogP contribution is 2.32. The first-order valence-corrected chi connectivity index (χ1v) is 13.3. The van der Waals surface area contributed by atoms with Crippen LogP contribution in [0.25, 0.3) is 38.6 Å². The molecule has 7 heteroatoms. The summed E-state index contributed by atoms with van der Waals surface area (Å²) in [5.74, 6) is 1.39. The third kappa shape index (κ3) is 4.15. The summed E-state index contributed by atoms with van der Waals surface area (Å²) in [6.07, 6.45) is 5.86.